The molecule has 0 aliphatic carbocycles. The molecule has 0 fully saturated rings. The summed E-state index contributed by atoms with van der Waals surface area (Å²) in [5.74, 6) is 1.68. The Morgan fingerprint density at radius 2 is 1.45 bits per heavy atom. The molecule has 2 nitrogen and oxygen atoms in total. The molecule has 1 aromatic heterocycles. The van der Waals surface area contributed by atoms with Crippen molar-refractivity contribution in [3.63, 3.8) is 0 Å². The smallest absolute Gasteiger partial charge is 0.140 e. The molecule has 0 N–H and O–H groups in total. The summed E-state index contributed by atoms with van der Waals surface area (Å²) in [6.45, 7) is 0. The SMILES string of the molecule is COC(c1ccccc1)c1ccc(-c2ccccc2)o1. The molecule has 0 amide bonds. The third kappa shape index (κ3) is 2.51. The molecule has 0 bridgehead atoms. The van der Waals surface area contributed by atoms with Crippen LogP contribution in [0.1, 0.15) is 17.4 Å². The maximum absolute atomic E-state index is 5.95. The average molecular weight is 264 g/mol. The Morgan fingerprint density at radius 1 is 0.800 bits per heavy atom. The van der Waals surface area contributed by atoms with Crippen molar-refractivity contribution in [2.45, 2.75) is 6.10 Å². The van der Waals surface area contributed by atoms with Gasteiger partial charge in [-0.2, -0.15) is 0 Å². The van der Waals surface area contributed by atoms with E-state index < -0.39 is 0 Å². The summed E-state index contributed by atoms with van der Waals surface area (Å²) >= 11 is 0. The lowest BCUT2D eigenvalue weighted by Gasteiger charge is -2.12. The summed E-state index contributed by atoms with van der Waals surface area (Å²) < 4.78 is 11.5. The van der Waals surface area contributed by atoms with Gasteiger partial charge in [0.1, 0.15) is 17.6 Å². The first-order valence-electron chi connectivity index (χ1n) is 6.61. The molecule has 1 atom stereocenters. The van der Waals surface area contributed by atoms with Gasteiger partial charge in [0.05, 0.1) is 0 Å². The fraction of sp³-hybridized carbons (Fsp3) is 0.111. The lowest BCUT2D eigenvalue weighted by atomic mass is 10.1. The zero-order valence-corrected chi connectivity index (χ0v) is 11.3. The molecule has 1 heterocycles. The van der Waals surface area contributed by atoms with Crippen LogP contribution in [0.3, 0.4) is 0 Å². The van der Waals surface area contributed by atoms with Gasteiger partial charge in [0.25, 0.3) is 0 Å². The van der Waals surface area contributed by atoms with Crippen LogP contribution in [0, 0.1) is 0 Å². The molecule has 20 heavy (non-hydrogen) atoms. The first-order chi connectivity index (χ1) is 9.88. The molecule has 0 saturated heterocycles. The first kappa shape index (κ1) is 12.7. The minimum absolute atomic E-state index is 0.173. The summed E-state index contributed by atoms with van der Waals surface area (Å²) in [6.07, 6.45) is -0.173. The monoisotopic (exact) mass is 264 g/mol. The quantitative estimate of drug-likeness (QED) is 0.682. The van der Waals surface area contributed by atoms with E-state index in [1.807, 2.05) is 72.8 Å². The van der Waals surface area contributed by atoms with Gasteiger partial charge in [-0.25, -0.2) is 0 Å². The second kappa shape index (κ2) is 5.76. The van der Waals surface area contributed by atoms with Crippen LogP contribution in [0.25, 0.3) is 11.3 Å². The highest BCUT2D eigenvalue weighted by atomic mass is 16.5. The predicted molar refractivity (Wildman–Crippen MR) is 79.4 cm³/mol. The van der Waals surface area contributed by atoms with Crippen molar-refractivity contribution in [2.24, 2.45) is 0 Å². The van der Waals surface area contributed by atoms with Gasteiger partial charge in [0.15, 0.2) is 0 Å². The van der Waals surface area contributed by atoms with Gasteiger partial charge in [-0.1, -0.05) is 60.7 Å². The third-order valence-electron chi connectivity index (χ3n) is 3.28. The first-order valence-corrected chi connectivity index (χ1v) is 6.61. The van der Waals surface area contributed by atoms with Crippen LogP contribution < -0.4 is 0 Å². The van der Waals surface area contributed by atoms with E-state index in [4.69, 9.17) is 9.15 Å². The zero-order valence-electron chi connectivity index (χ0n) is 11.3. The number of rotatable bonds is 4. The van der Waals surface area contributed by atoms with Crippen molar-refractivity contribution in [3.8, 4) is 11.3 Å². The second-order valence-corrected chi connectivity index (χ2v) is 4.59. The van der Waals surface area contributed by atoms with E-state index in [1.165, 1.54) is 0 Å². The Hall–Kier alpha value is -2.32. The maximum atomic E-state index is 5.95. The molecule has 2 aromatic carbocycles. The fourth-order valence-electron chi connectivity index (χ4n) is 2.30. The molecule has 0 radical (unpaired) electrons. The van der Waals surface area contributed by atoms with Crippen molar-refractivity contribution in [1.29, 1.82) is 0 Å². The molecule has 0 saturated carbocycles. The van der Waals surface area contributed by atoms with Gasteiger partial charge in [-0.3, -0.25) is 0 Å². The number of ether oxygens (including phenoxy) is 1. The van der Waals surface area contributed by atoms with Crippen LogP contribution in [0.4, 0.5) is 0 Å². The van der Waals surface area contributed by atoms with E-state index in [2.05, 4.69) is 0 Å². The molecule has 100 valence electrons. The maximum Gasteiger partial charge on any atom is 0.140 e. The van der Waals surface area contributed by atoms with Gasteiger partial charge in [0.2, 0.25) is 0 Å². The van der Waals surface area contributed by atoms with E-state index in [0.717, 1.165) is 22.6 Å². The van der Waals surface area contributed by atoms with Crippen molar-refractivity contribution in [2.75, 3.05) is 7.11 Å². The summed E-state index contributed by atoms with van der Waals surface area (Å²) in [4.78, 5) is 0. The van der Waals surface area contributed by atoms with Crippen LogP contribution in [0.2, 0.25) is 0 Å². The predicted octanol–water partition coefficient (Wildman–Crippen LogP) is 4.68. The molecule has 3 aromatic rings. The number of hydrogen-bond acceptors (Lipinski definition) is 2. The third-order valence-corrected chi connectivity index (χ3v) is 3.28. The van der Waals surface area contributed by atoms with E-state index in [1.54, 1.807) is 7.11 Å². The molecular weight excluding hydrogens is 248 g/mol. The van der Waals surface area contributed by atoms with E-state index >= 15 is 0 Å². The summed E-state index contributed by atoms with van der Waals surface area (Å²) in [6, 6.07) is 24.1. The van der Waals surface area contributed by atoms with Gasteiger partial charge in [-0.15, -0.1) is 0 Å². The van der Waals surface area contributed by atoms with Crippen molar-refractivity contribution < 1.29 is 9.15 Å². The highest BCUT2D eigenvalue weighted by molar-refractivity contribution is 5.57. The Bertz CT molecular complexity index is 656. The van der Waals surface area contributed by atoms with Crippen LogP contribution in [-0.4, -0.2) is 7.11 Å². The van der Waals surface area contributed by atoms with Gasteiger partial charge >= 0.3 is 0 Å². The Balaban J connectivity index is 1.93. The standard InChI is InChI=1S/C18H16O2/c1-19-18(15-10-6-3-7-11-15)17-13-12-16(20-17)14-8-4-2-5-9-14/h2-13,18H,1H3. The molecule has 1 unspecified atom stereocenters. The van der Waals surface area contributed by atoms with Gasteiger partial charge in [-0.05, 0) is 17.7 Å². The number of benzene rings is 2. The molecule has 2 heteroatoms. The zero-order chi connectivity index (χ0) is 13.8. The lowest BCUT2D eigenvalue weighted by Crippen LogP contribution is -2.01. The highest BCUT2D eigenvalue weighted by Gasteiger charge is 2.17. The largest absolute Gasteiger partial charge is 0.458 e. The van der Waals surface area contributed by atoms with Crippen LogP contribution in [0.15, 0.2) is 77.2 Å². The van der Waals surface area contributed by atoms with Crippen LogP contribution in [0.5, 0.6) is 0 Å². The van der Waals surface area contributed by atoms with Crippen molar-refractivity contribution in [1.82, 2.24) is 0 Å². The second-order valence-electron chi connectivity index (χ2n) is 4.59. The Labute approximate surface area is 118 Å². The Kier molecular flexibility index (Phi) is 3.66. The van der Waals surface area contributed by atoms with Crippen LogP contribution in [-0.2, 0) is 4.74 Å². The highest BCUT2D eigenvalue weighted by Crippen LogP contribution is 2.30. The average Bonchev–Trinajstić information content (AvgIpc) is 3.00. The van der Waals surface area contributed by atoms with E-state index in [9.17, 15) is 0 Å². The summed E-state index contributed by atoms with van der Waals surface area (Å²) in [5.41, 5.74) is 2.16. The topological polar surface area (TPSA) is 22.4 Å². The minimum atomic E-state index is -0.173. The van der Waals surface area contributed by atoms with Crippen LogP contribution >= 0.6 is 0 Å². The van der Waals surface area contributed by atoms with Crippen molar-refractivity contribution in [3.05, 3.63) is 84.1 Å². The minimum Gasteiger partial charge on any atom is -0.458 e. The molecule has 0 aliphatic heterocycles. The molecule has 0 spiro atoms. The summed E-state index contributed by atoms with van der Waals surface area (Å²) in [7, 11) is 1.70. The number of furan rings is 1. The van der Waals surface area contributed by atoms with E-state index in [0.29, 0.717) is 0 Å². The van der Waals surface area contributed by atoms with Gasteiger partial charge < -0.3 is 9.15 Å². The normalized spacial score (nSPS) is 12.2. The lowest BCUT2D eigenvalue weighted by molar-refractivity contribution is 0.117. The number of methoxy groups -OCH3 is 1. The van der Waals surface area contributed by atoms with Crippen molar-refractivity contribution >= 4 is 0 Å². The molecule has 0 aliphatic rings. The molecular formula is C18H16O2. The molecule has 3 rings (SSSR count). The van der Waals surface area contributed by atoms with Gasteiger partial charge in [0, 0.05) is 12.7 Å². The van der Waals surface area contributed by atoms with E-state index in [-0.39, 0.29) is 6.10 Å². The fourth-order valence-corrected chi connectivity index (χ4v) is 2.30. The Morgan fingerprint density at radius 3 is 2.10 bits per heavy atom. The number of hydrogen-bond donors (Lipinski definition) is 0. The summed E-state index contributed by atoms with van der Waals surface area (Å²) in [5, 5.41) is 0.